The van der Waals surface area contributed by atoms with Gasteiger partial charge in [0.25, 0.3) is 0 Å². The number of halogens is 3. The van der Waals surface area contributed by atoms with E-state index in [2.05, 4.69) is 0 Å². The van der Waals surface area contributed by atoms with E-state index in [1.165, 1.54) is 6.07 Å². The molecule has 0 bridgehead atoms. The fourth-order valence-electron chi connectivity index (χ4n) is 1.37. The van der Waals surface area contributed by atoms with Gasteiger partial charge in [-0.1, -0.05) is 12.1 Å². The van der Waals surface area contributed by atoms with Crippen molar-refractivity contribution in [1.82, 2.24) is 0 Å². The molecule has 0 saturated heterocycles. The van der Waals surface area contributed by atoms with Gasteiger partial charge in [0.05, 0.1) is 11.5 Å². The molecule has 2 rings (SSSR count). The third-order valence-electron chi connectivity index (χ3n) is 2.23. The van der Waals surface area contributed by atoms with Gasteiger partial charge in [0.1, 0.15) is 17.9 Å². The Bertz CT molecular complexity index is 696. The lowest BCUT2D eigenvalue weighted by Crippen LogP contribution is -2.21. The van der Waals surface area contributed by atoms with Crippen LogP contribution in [-0.2, 0) is 4.79 Å². The zero-order valence-corrected chi connectivity index (χ0v) is 11.1. The van der Waals surface area contributed by atoms with E-state index in [1.807, 2.05) is 12.1 Å². The molecule has 3 N–H and O–H groups in total. The maximum atomic E-state index is 11.2. The first-order valence-corrected chi connectivity index (χ1v) is 5.91. The number of carboxylic acids is 1. The third-order valence-corrected chi connectivity index (χ3v) is 2.23. The minimum absolute atomic E-state index is 0.382. The van der Waals surface area contributed by atoms with Crippen LogP contribution in [0, 0.1) is 0 Å². The zero-order valence-electron chi connectivity index (χ0n) is 11.1. The summed E-state index contributed by atoms with van der Waals surface area (Å²) in [4.78, 5) is 20.1. The summed E-state index contributed by atoms with van der Waals surface area (Å²) >= 11 is 0. The number of hydrogen-bond acceptors (Lipinski definition) is 5. The highest BCUT2D eigenvalue weighted by Crippen LogP contribution is 2.22. The first-order chi connectivity index (χ1) is 10.3. The minimum atomic E-state index is -5.08. The summed E-state index contributed by atoms with van der Waals surface area (Å²) in [5, 5.41) is 7.91. The Hall–Kier alpha value is -2.55. The van der Waals surface area contributed by atoms with E-state index in [0.717, 1.165) is 5.39 Å². The van der Waals surface area contributed by atoms with Gasteiger partial charge < -0.3 is 20.0 Å². The van der Waals surface area contributed by atoms with Crippen molar-refractivity contribution in [3.8, 4) is 5.75 Å². The van der Waals surface area contributed by atoms with Crippen molar-refractivity contribution in [2.75, 3.05) is 13.2 Å². The Morgan fingerprint density at radius 3 is 2.45 bits per heavy atom. The lowest BCUT2D eigenvalue weighted by atomic mass is 10.2. The molecular weight excluding hydrogens is 307 g/mol. The Balaban J connectivity index is 0.000000295. The van der Waals surface area contributed by atoms with E-state index in [4.69, 9.17) is 24.8 Å². The van der Waals surface area contributed by atoms with Gasteiger partial charge in [0.2, 0.25) is 0 Å². The fraction of sp³-hybridized carbons (Fsp3) is 0.231. The number of rotatable bonds is 3. The van der Waals surface area contributed by atoms with Crippen LogP contribution in [0.4, 0.5) is 13.2 Å². The molecule has 0 atom stereocenters. The van der Waals surface area contributed by atoms with Gasteiger partial charge in [0.15, 0.2) is 0 Å². The van der Waals surface area contributed by atoms with Crippen molar-refractivity contribution >= 4 is 16.9 Å². The summed E-state index contributed by atoms with van der Waals surface area (Å²) in [6, 6.07) is 8.56. The van der Waals surface area contributed by atoms with Crippen molar-refractivity contribution in [3.05, 3.63) is 40.8 Å². The maximum absolute atomic E-state index is 11.2. The molecule has 0 fully saturated rings. The fourth-order valence-corrected chi connectivity index (χ4v) is 1.37. The number of hydrogen-bond donors (Lipinski definition) is 2. The van der Waals surface area contributed by atoms with Crippen LogP contribution in [0.3, 0.4) is 0 Å². The molecule has 2 aromatic rings. The molecule has 6 nitrogen and oxygen atoms in total. The molecule has 1 aromatic carbocycles. The SMILES string of the molecule is NCCOc1cc(=O)oc2ccccc12.O=C(O)C(F)(F)F. The molecule has 1 aromatic heterocycles. The number of alkyl halides is 3. The molecule has 0 spiro atoms. The van der Waals surface area contributed by atoms with Gasteiger partial charge in [-0.05, 0) is 12.1 Å². The van der Waals surface area contributed by atoms with E-state index in [0.29, 0.717) is 24.5 Å². The van der Waals surface area contributed by atoms with Crippen LogP contribution in [0.1, 0.15) is 0 Å². The third kappa shape index (κ3) is 5.09. The van der Waals surface area contributed by atoms with Gasteiger partial charge in [-0.15, -0.1) is 0 Å². The molecule has 120 valence electrons. The number of carbonyl (C=O) groups is 1. The van der Waals surface area contributed by atoms with Gasteiger partial charge in [-0.2, -0.15) is 13.2 Å². The molecule has 0 amide bonds. The highest BCUT2D eigenvalue weighted by atomic mass is 19.4. The van der Waals surface area contributed by atoms with E-state index in [-0.39, 0.29) is 0 Å². The number of nitrogens with two attached hydrogens (primary N) is 1. The predicted molar refractivity (Wildman–Crippen MR) is 70.7 cm³/mol. The predicted octanol–water partition coefficient (Wildman–Crippen LogP) is 1.76. The monoisotopic (exact) mass is 319 g/mol. The summed E-state index contributed by atoms with van der Waals surface area (Å²) in [6.45, 7) is 0.794. The van der Waals surface area contributed by atoms with Gasteiger partial charge in [0, 0.05) is 6.54 Å². The second-order valence-corrected chi connectivity index (χ2v) is 3.87. The molecule has 0 aliphatic rings. The van der Waals surface area contributed by atoms with Crippen LogP contribution >= 0.6 is 0 Å². The lowest BCUT2D eigenvalue weighted by Gasteiger charge is -2.06. The largest absolute Gasteiger partial charge is 0.491 e. The molecule has 0 saturated carbocycles. The summed E-state index contributed by atoms with van der Waals surface area (Å²) in [5.74, 6) is -2.24. The molecule has 0 aliphatic carbocycles. The number of carboxylic acid groups (broad SMARTS) is 1. The molecule has 0 unspecified atom stereocenters. The van der Waals surface area contributed by atoms with E-state index >= 15 is 0 Å². The molecule has 0 aliphatic heterocycles. The summed E-state index contributed by atoms with van der Waals surface area (Å²) in [7, 11) is 0. The summed E-state index contributed by atoms with van der Waals surface area (Å²) in [5.41, 5.74) is 5.44. The van der Waals surface area contributed by atoms with Crippen LogP contribution in [0.5, 0.6) is 5.75 Å². The van der Waals surface area contributed by atoms with Gasteiger partial charge in [-0.25, -0.2) is 9.59 Å². The normalized spacial score (nSPS) is 10.7. The van der Waals surface area contributed by atoms with Crippen LogP contribution in [0.2, 0.25) is 0 Å². The number of ether oxygens (including phenoxy) is 1. The van der Waals surface area contributed by atoms with Gasteiger partial charge in [-0.3, -0.25) is 0 Å². The van der Waals surface area contributed by atoms with Crippen LogP contribution in [0.15, 0.2) is 39.5 Å². The lowest BCUT2D eigenvalue weighted by molar-refractivity contribution is -0.192. The molecule has 9 heteroatoms. The maximum Gasteiger partial charge on any atom is 0.490 e. The molecule has 0 radical (unpaired) electrons. The Kier molecular flexibility index (Phi) is 5.93. The van der Waals surface area contributed by atoms with Crippen LogP contribution in [-0.4, -0.2) is 30.4 Å². The standard InChI is InChI=1S/C11H11NO3.C2HF3O2/c12-5-6-14-10-7-11(13)15-9-4-2-1-3-8(9)10;3-2(4,5)1(6)7/h1-4,7H,5-6,12H2;(H,6,7). The topological polar surface area (TPSA) is 103 Å². The summed E-state index contributed by atoms with van der Waals surface area (Å²) in [6.07, 6.45) is -5.08. The zero-order chi connectivity index (χ0) is 16.8. The second kappa shape index (κ2) is 7.46. The number of benzene rings is 1. The average molecular weight is 319 g/mol. The van der Waals surface area contributed by atoms with Crippen molar-refractivity contribution in [2.45, 2.75) is 6.18 Å². The minimum Gasteiger partial charge on any atom is -0.491 e. The van der Waals surface area contributed by atoms with E-state index in [9.17, 15) is 18.0 Å². The number of fused-ring (bicyclic) bond motifs is 1. The summed E-state index contributed by atoms with van der Waals surface area (Å²) < 4.78 is 42.1. The smallest absolute Gasteiger partial charge is 0.490 e. The molecule has 1 heterocycles. The second-order valence-electron chi connectivity index (χ2n) is 3.87. The number of aliphatic carboxylic acids is 1. The molecule has 22 heavy (non-hydrogen) atoms. The van der Waals surface area contributed by atoms with E-state index in [1.54, 1.807) is 12.1 Å². The van der Waals surface area contributed by atoms with Crippen LogP contribution in [0.25, 0.3) is 11.0 Å². The van der Waals surface area contributed by atoms with Crippen LogP contribution < -0.4 is 16.1 Å². The van der Waals surface area contributed by atoms with Crippen molar-refractivity contribution < 1.29 is 32.2 Å². The first-order valence-electron chi connectivity index (χ1n) is 5.91. The highest BCUT2D eigenvalue weighted by Gasteiger charge is 2.38. The first kappa shape index (κ1) is 17.5. The van der Waals surface area contributed by atoms with E-state index < -0.39 is 17.8 Å². The number of para-hydroxylation sites is 1. The Labute approximate surface area is 121 Å². The van der Waals surface area contributed by atoms with Gasteiger partial charge >= 0.3 is 17.8 Å². The van der Waals surface area contributed by atoms with Crippen molar-refractivity contribution in [3.63, 3.8) is 0 Å². The van der Waals surface area contributed by atoms with Crippen molar-refractivity contribution in [1.29, 1.82) is 0 Å². The Morgan fingerprint density at radius 2 is 1.91 bits per heavy atom. The quantitative estimate of drug-likeness (QED) is 0.836. The molecular formula is C13H12F3NO5. The average Bonchev–Trinajstić information content (AvgIpc) is 2.44. The highest BCUT2D eigenvalue weighted by molar-refractivity contribution is 5.82. The Morgan fingerprint density at radius 1 is 1.32 bits per heavy atom. The van der Waals surface area contributed by atoms with Crippen molar-refractivity contribution in [2.24, 2.45) is 5.73 Å².